The van der Waals surface area contributed by atoms with Gasteiger partial charge in [0.25, 0.3) is 5.91 Å². The third-order valence-corrected chi connectivity index (χ3v) is 4.29. The molecule has 1 aromatic heterocycles. The van der Waals surface area contributed by atoms with Gasteiger partial charge in [0, 0.05) is 17.4 Å². The van der Waals surface area contributed by atoms with E-state index in [9.17, 15) is 9.90 Å². The van der Waals surface area contributed by atoms with Gasteiger partial charge in [0.2, 0.25) is 0 Å². The van der Waals surface area contributed by atoms with Crippen molar-refractivity contribution in [2.45, 2.75) is 32.9 Å². The number of aliphatic hydroxyl groups excluding tert-OH is 1. The van der Waals surface area contributed by atoms with Crippen LogP contribution in [-0.2, 0) is 4.74 Å². The number of hydrogen-bond acceptors (Lipinski definition) is 3. The molecule has 1 fully saturated rings. The largest absolute Gasteiger partial charge is 0.394 e. The summed E-state index contributed by atoms with van der Waals surface area (Å²) in [4.78, 5) is 17.8. The number of rotatable bonds is 2. The van der Waals surface area contributed by atoms with Crippen molar-refractivity contribution in [2.24, 2.45) is 0 Å². The van der Waals surface area contributed by atoms with Gasteiger partial charge < -0.3 is 19.7 Å². The van der Waals surface area contributed by atoms with Crippen molar-refractivity contribution < 1.29 is 14.6 Å². The van der Waals surface area contributed by atoms with E-state index in [-0.39, 0.29) is 24.7 Å². The van der Waals surface area contributed by atoms with Gasteiger partial charge in [0.05, 0.1) is 25.4 Å². The molecule has 0 saturated carbocycles. The summed E-state index contributed by atoms with van der Waals surface area (Å²) in [6, 6.07) is 6.09. The highest BCUT2D eigenvalue weighted by Crippen LogP contribution is 2.23. The maximum atomic E-state index is 12.8. The molecule has 1 aromatic carbocycles. The first-order chi connectivity index (χ1) is 10.5. The topological polar surface area (TPSA) is 65.6 Å². The van der Waals surface area contributed by atoms with Gasteiger partial charge >= 0.3 is 0 Å². The second-order valence-electron chi connectivity index (χ2n) is 6.17. The Morgan fingerprint density at radius 2 is 2.18 bits per heavy atom. The number of amides is 1. The van der Waals surface area contributed by atoms with E-state index in [2.05, 4.69) is 24.0 Å². The fraction of sp³-hybridized carbons (Fsp3) is 0.471. The molecule has 2 aromatic rings. The number of fused-ring (bicyclic) bond motifs is 1. The summed E-state index contributed by atoms with van der Waals surface area (Å²) in [5.41, 5.74) is 3.91. The van der Waals surface area contributed by atoms with E-state index in [1.807, 2.05) is 19.9 Å². The zero-order chi connectivity index (χ0) is 15.9. The number of H-pyrrole nitrogens is 1. The van der Waals surface area contributed by atoms with E-state index < -0.39 is 0 Å². The number of nitrogens with zero attached hydrogens (tertiary/aromatic N) is 1. The van der Waals surface area contributed by atoms with Crippen LogP contribution in [0.2, 0.25) is 0 Å². The number of carbonyl (C=O) groups excluding carboxylic acids is 1. The number of carbonyl (C=O) groups is 1. The Morgan fingerprint density at radius 3 is 2.91 bits per heavy atom. The number of hydrogen-bond donors (Lipinski definition) is 2. The molecule has 1 saturated heterocycles. The maximum Gasteiger partial charge on any atom is 0.270 e. The minimum atomic E-state index is -0.298. The van der Waals surface area contributed by atoms with Gasteiger partial charge in [0.15, 0.2) is 0 Å². The Balaban J connectivity index is 1.93. The van der Waals surface area contributed by atoms with Crippen molar-refractivity contribution in [1.29, 1.82) is 0 Å². The van der Waals surface area contributed by atoms with E-state index >= 15 is 0 Å². The summed E-state index contributed by atoms with van der Waals surface area (Å²) in [5.74, 6) is -0.0393. The van der Waals surface area contributed by atoms with Crippen LogP contribution in [0.25, 0.3) is 10.9 Å². The second-order valence-corrected chi connectivity index (χ2v) is 6.17. The highest BCUT2D eigenvalue weighted by molar-refractivity contribution is 5.99. The first kappa shape index (κ1) is 15.1. The van der Waals surface area contributed by atoms with Crippen molar-refractivity contribution >= 4 is 16.8 Å². The molecule has 5 nitrogen and oxygen atoms in total. The van der Waals surface area contributed by atoms with Crippen molar-refractivity contribution in [1.82, 2.24) is 9.88 Å². The van der Waals surface area contributed by atoms with Crippen molar-refractivity contribution in [3.63, 3.8) is 0 Å². The third-order valence-electron chi connectivity index (χ3n) is 4.29. The molecule has 118 valence electrons. The van der Waals surface area contributed by atoms with Crippen molar-refractivity contribution in [2.75, 3.05) is 19.8 Å². The maximum absolute atomic E-state index is 12.8. The third kappa shape index (κ3) is 2.62. The number of aromatic nitrogens is 1. The second kappa shape index (κ2) is 5.74. The summed E-state index contributed by atoms with van der Waals surface area (Å²) >= 11 is 0. The average molecular weight is 302 g/mol. The highest BCUT2D eigenvalue weighted by atomic mass is 16.5. The summed E-state index contributed by atoms with van der Waals surface area (Å²) in [5, 5.41) is 10.3. The summed E-state index contributed by atoms with van der Waals surface area (Å²) < 4.78 is 5.50. The Hall–Kier alpha value is -1.85. The minimum absolute atomic E-state index is 0.00421. The molecule has 2 heterocycles. The van der Waals surface area contributed by atoms with Crippen LogP contribution >= 0.6 is 0 Å². The highest BCUT2D eigenvalue weighted by Gasteiger charge is 2.30. The first-order valence-electron chi connectivity index (χ1n) is 7.63. The average Bonchev–Trinajstić information content (AvgIpc) is 2.91. The number of ether oxygens (including phenoxy) is 1. The van der Waals surface area contributed by atoms with Gasteiger partial charge in [-0.2, -0.15) is 0 Å². The van der Waals surface area contributed by atoms with E-state index in [0.29, 0.717) is 18.8 Å². The zero-order valence-corrected chi connectivity index (χ0v) is 13.2. The molecule has 5 heteroatoms. The lowest BCUT2D eigenvalue weighted by molar-refractivity contribution is -0.0668. The van der Waals surface area contributed by atoms with Crippen LogP contribution in [0.3, 0.4) is 0 Å². The van der Waals surface area contributed by atoms with Crippen LogP contribution in [0, 0.1) is 13.8 Å². The first-order valence-corrected chi connectivity index (χ1v) is 7.63. The normalized spacial score (nSPS) is 22.3. The molecule has 22 heavy (non-hydrogen) atoms. The van der Waals surface area contributed by atoms with Gasteiger partial charge in [-0.3, -0.25) is 4.79 Å². The van der Waals surface area contributed by atoms with Crippen LogP contribution in [0.1, 0.15) is 28.5 Å². The molecule has 0 bridgehead atoms. The summed E-state index contributed by atoms with van der Waals surface area (Å²) in [6.07, 6.45) is -0.298. The number of aliphatic hydroxyl groups is 1. The fourth-order valence-electron chi connectivity index (χ4n) is 3.08. The minimum Gasteiger partial charge on any atom is -0.394 e. The molecule has 0 radical (unpaired) electrons. The van der Waals surface area contributed by atoms with E-state index in [1.54, 1.807) is 4.90 Å². The number of nitrogens with one attached hydrogen (secondary N) is 1. The van der Waals surface area contributed by atoms with Gasteiger partial charge in [-0.1, -0.05) is 6.07 Å². The number of aromatic amines is 1. The predicted molar refractivity (Wildman–Crippen MR) is 85.1 cm³/mol. The molecule has 2 unspecified atom stereocenters. The van der Waals surface area contributed by atoms with Crippen molar-refractivity contribution in [3.8, 4) is 0 Å². The van der Waals surface area contributed by atoms with Crippen LogP contribution in [0.15, 0.2) is 18.2 Å². The molecule has 3 rings (SSSR count). The Morgan fingerprint density at radius 1 is 1.41 bits per heavy atom. The lowest BCUT2D eigenvalue weighted by atomic mass is 10.1. The lowest BCUT2D eigenvalue weighted by Crippen LogP contribution is -2.52. The molecule has 1 aliphatic heterocycles. The van der Waals surface area contributed by atoms with E-state index in [1.165, 1.54) is 5.56 Å². The predicted octanol–water partition coefficient (Wildman–Crippen LogP) is 2.01. The summed E-state index contributed by atoms with van der Waals surface area (Å²) in [7, 11) is 0. The van der Waals surface area contributed by atoms with Crippen LogP contribution in [-0.4, -0.2) is 52.8 Å². The monoisotopic (exact) mass is 302 g/mol. The molecule has 0 aliphatic carbocycles. The molecule has 1 aliphatic rings. The smallest absolute Gasteiger partial charge is 0.270 e. The van der Waals surface area contributed by atoms with E-state index in [4.69, 9.17) is 4.74 Å². The molecular formula is C17H22N2O3. The SMILES string of the molecule is Cc1cc(C)c2cc(C(=O)N3CC(CO)OCC3C)[nH]c2c1. The van der Waals surface area contributed by atoms with E-state index in [0.717, 1.165) is 16.5 Å². The van der Waals surface area contributed by atoms with Gasteiger partial charge in [-0.05, 0) is 44.0 Å². The number of morpholine rings is 1. The van der Waals surface area contributed by atoms with Crippen LogP contribution in [0.4, 0.5) is 0 Å². The Bertz CT molecular complexity index is 707. The molecule has 1 amide bonds. The quantitative estimate of drug-likeness (QED) is 0.892. The standard InChI is InChI=1S/C17H22N2O3/c1-10-4-11(2)14-6-16(18-15(14)5-10)17(21)19-7-13(8-20)22-9-12(19)3/h4-6,12-13,18,20H,7-9H2,1-3H3. The number of benzene rings is 1. The van der Waals surface area contributed by atoms with Gasteiger partial charge in [0.1, 0.15) is 5.69 Å². The van der Waals surface area contributed by atoms with Crippen molar-refractivity contribution in [3.05, 3.63) is 35.0 Å². The number of aryl methyl sites for hydroxylation is 2. The van der Waals surface area contributed by atoms with Gasteiger partial charge in [-0.15, -0.1) is 0 Å². The lowest BCUT2D eigenvalue weighted by Gasteiger charge is -2.37. The zero-order valence-electron chi connectivity index (χ0n) is 13.2. The Labute approximate surface area is 129 Å². The molecular weight excluding hydrogens is 280 g/mol. The van der Waals surface area contributed by atoms with Crippen LogP contribution in [0.5, 0.6) is 0 Å². The fourth-order valence-corrected chi connectivity index (χ4v) is 3.08. The summed E-state index contributed by atoms with van der Waals surface area (Å²) in [6.45, 7) is 6.87. The Kier molecular flexibility index (Phi) is 3.93. The van der Waals surface area contributed by atoms with Crippen LogP contribution < -0.4 is 0 Å². The molecule has 0 spiro atoms. The molecule has 2 atom stereocenters. The van der Waals surface area contributed by atoms with Gasteiger partial charge in [-0.25, -0.2) is 0 Å². The molecule has 2 N–H and O–H groups in total.